The van der Waals surface area contributed by atoms with Gasteiger partial charge in [0, 0.05) is 12.2 Å². The third-order valence-corrected chi connectivity index (χ3v) is 4.19. The topological polar surface area (TPSA) is 42.0 Å². The van der Waals surface area contributed by atoms with Crippen molar-refractivity contribution in [2.24, 2.45) is 5.92 Å². The highest BCUT2D eigenvalue weighted by Crippen LogP contribution is 2.24. The highest BCUT2D eigenvalue weighted by Gasteiger charge is 2.21. The van der Waals surface area contributed by atoms with Gasteiger partial charge in [0.05, 0.1) is 5.56 Å². The van der Waals surface area contributed by atoms with Gasteiger partial charge >= 0.3 is 0 Å². The van der Waals surface area contributed by atoms with Crippen molar-refractivity contribution in [3.8, 4) is 0 Å². The molecule has 2 atom stereocenters. The predicted octanol–water partition coefficient (Wildman–Crippen LogP) is 3.11. The zero-order chi connectivity index (χ0) is 13.0. The van der Waals surface area contributed by atoms with Crippen LogP contribution >= 0.6 is 11.8 Å². The molecule has 1 amide bonds. The second-order valence-corrected chi connectivity index (χ2v) is 5.80. The van der Waals surface area contributed by atoms with Gasteiger partial charge in [0.15, 0.2) is 0 Å². The van der Waals surface area contributed by atoms with E-state index in [-0.39, 0.29) is 5.91 Å². The van der Waals surface area contributed by atoms with Crippen molar-refractivity contribution in [3.05, 3.63) is 23.9 Å². The molecule has 0 aromatic carbocycles. The molecule has 1 aliphatic rings. The quantitative estimate of drug-likeness (QED) is 0.853. The summed E-state index contributed by atoms with van der Waals surface area (Å²) in [6.45, 7) is 2.26. The summed E-state index contributed by atoms with van der Waals surface area (Å²) < 4.78 is 0. The molecule has 4 heteroatoms. The summed E-state index contributed by atoms with van der Waals surface area (Å²) in [5.41, 5.74) is 0.697. The average molecular weight is 264 g/mol. The van der Waals surface area contributed by atoms with E-state index in [0.717, 1.165) is 23.8 Å². The standard InChI is InChI=1S/C14H20N2OS/c1-10-5-3-6-11(9-10)16-13(17)12-7-4-8-15-14(12)18-2/h4,7-8,10-11H,3,5-6,9H2,1-2H3,(H,16,17)/t10-,11-/m0/s1. The Labute approximate surface area is 113 Å². The molecular weight excluding hydrogens is 244 g/mol. The predicted molar refractivity (Wildman–Crippen MR) is 74.9 cm³/mol. The van der Waals surface area contributed by atoms with Crippen LogP contribution in [0.4, 0.5) is 0 Å². The van der Waals surface area contributed by atoms with Gasteiger partial charge in [-0.05, 0) is 37.1 Å². The highest BCUT2D eigenvalue weighted by molar-refractivity contribution is 7.98. The SMILES string of the molecule is CSc1ncccc1C(=O)N[C@H]1CCC[C@H](C)C1. The fourth-order valence-corrected chi connectivity index (χ4v) is 3.10. The summed E-state index contributed by atoms with van der Waals surface area (Å²) in [6, 6.07) is 4.00. The van der Waals surface area contributed by atoms with Crippen LogP contribution in [0, 0.1) is 5.92 Å². The van der Waals surface area contributed by atoms with Crippen LogP contribution in [0.15, 0.2) is 23.4 Å². The van der Waals surface area contributed by atoms with Gasteiger partial charge in [-0.3, -0.25) is 4.79 Å². The van der Waals surface area contributed by atoms with E-state index in [9.17, 15) is 4.79 Å². The number of carbonyl (C=O) groups excluding carboxylic acids is 1. The van der Waals surface area contributed by atoms with Crippen molar-refractivity contribution in [3.63, 3.8) is 0 Å². The first-order chi connectivity index (χ1) is 8.70. The molecule has 1 saturated carbocycles. The number of aromatic nitrogens is 1. The lowest BCUT2D eigenvalue weighted by Gasteiger charge is -2.27. The fraction of sp³-hybridized carbons (Fsp3) is 0.571. The number of rotatable bonds is 3. The van der Waals surface area contributed by atoms with Gasteiger partial charge in [-0.25, -0.2) is 4.98 Å². The third-order valence-electron chi connectivity index (χ3n) is 3.48. The Hall–Kier alpha value is -1.03. The van der Waals surface area contributed by atoms with Gasteiger partial charge in [0.2, 0.25) is 0 Å². The summed E-state index contributed by atoms with van der Waals surface area (Å²) >= 11 is 1.51. The fourth-order valence-electron chi connectivity index (χ4n) is 2.55. The number of carbonyl (C=O) groups is 1. The Kier molecular flexibility index (Phi) is 4.64. The average Bonchev–Trinajstić information content (AvgIpc) is 2.38. The molecule has 1 heterocycles. The van der Waals surface area contributed by atoms with Crippen LogP contribution in [0.2, 0.25) is 0 Å². The molecule has 0 saturated heterocycles. The molecule has 2 rings (SSSR count). The molecular formula is C14H20N2OS. The van der Waals surface area contributed by atoms with Crippen LogP contribution in [-0.2, 0) is 0 Å². The molecule has 1 aliphatic carbocycles. The van der Waals surface area contributed by atoms with Crippen LogP contribution in [-0.4, -0.2) is 23.2 Å². The van der Waals surface area contributed by atoms with Crippen LogP contribution in [0.5, 0.6) is 0 Å². The largest absolute Gasteiger partial charge is 0.349 e. The number of pyridine rings is 1. The Morgan fingerprint density at radius 2 is 2.33 bits per heavy atom. The molecule has 0 radical (unpaired) electrons. The number of amides is 1. The molecule has 0 bridgehead atoms. The zero-order valence-corrected chi connectivity index (χ0v) is 11.8. The summed E-state index contributed by atoms with van der Waals surface area (Å²) in [7, 11) is 0. The van der Waals surface area contributed by atoms with Crippen LogP contribution in [0.3, 0.4) is 0 Å². The zero-order valence-electron chi connectivity index (χ0n) is 11.0. The summed E-state index contributed by atoms with van der Waals surface area (Å²) in [5.74, 6) is 0.740. The van der Waals surface area contributed by atoms with Crippen molar-refractivity contribution in [2.75, 3.05) is 6.26 Å². The van der Waals surface area contributed by atoms with E-state index in [4.69, 9.17) is 0 Å². The maximum absolute atomic E-state index is 12.2. The van der Waals surface area contributed by atoms with Gasteiger partial charge in [-0.1, -0.05) is 19.8 Å². The maximum atomic E-state index is 12.2. The minimum Gasteiger partial charge on any atom is -0.349 e. The van der Waals surface area contributed by atoms with E-state index in [0.29, 0.717) is 11.6 Å². The van der Waals surface area contributed by atoms with E-state index in [1.54, 1.807) is 6.20 Å². The van der Waals surface area contributed by atoms with Crippen molar-refractivity contribution in [2.45, 2.75) is 43.7 Å². The number of hydrogen-bond acceptors (Lipinski definition) is 3. The summed E-state index contributed by atoms with van der Waals surface area (Å²) in [4.78, 5) is 16.5. The molecule has 0 aliphatic heterocycles. The Balaban J connectivity index is 2.03. The number of thioether (sulfide) groups is 1. The van der Waals surface area contributed by atoms with Crippen molar-refractivity contribution in [1.82, 2.24) is 10.3 Å². The molecule has 1 N–H and O–H groups in total. The van der Waals surface area contributed by atoms with Crippen LogP contribution in [0.25, 0.3) is 0 Å². The van der Waals surface area contributed by atoms with Gasteiger partial charge < -0.3 is 5.32 Å². The van der Waals surface area contributed by atoms with Crippen molar-refractivity contribution < 1.29 is 4.79 Å². The normalized spacial score (nSPS) is 23.7. The lowest BCUT2D eigenvalue weighted by molar-refractivity contribution is 0.0917. The molecule has 1 aromatic heterocycles. The Bertz CT molecular complexity index is 422. The van der Waals surface area contributed by atoms with Crippen molar-refractivity contribution >= 4 is 17.7 Å². The van der Waals surface area contributed by atoms with Gasteiger partial charge in [0.25, 0.3) is 5.91 Å². The monoisotopic (exact) mass is 264 g/mol. The van der Waals surface area contributed by atoms with Crippen molar-refractivity contribution in [1.29, 1.82) is 0 Å². The molecule has 3 nitrogen and oxygen atoms in total. The second-order valence-electron chi connectivity index (χ2n) is 5.00. The van der Waals surface area contributed by atoms with E-state index < -0.39 is 0 Å². The van der Waals surface area contributed by atoms with Crippen LogP contribution in [0.1, 0.15) is 43.0 Å². The molecule has 1 fully saturated rings. The first-order valence-corrected chi connectivity index (χ1v) is 7.73. The van der Waals surface area contributed by atoms with E-state index in [2.05, 4.69) is 17.2 Å². The Morgan fingerprint density at radius 1 is 1.50 bits per heavy atom. The smallest absolute Gasteiger partial charge is 0.254 e. The minimum atomic E-state index is 0.0200. The van der Waals surface area contributed by atoms with Gasteiger partial charge in [-0.15, -0.1) is 11.8 Å². The third kappa shape index (κ3) is 3.25. The van der Waals surface area contributed by atoms with E-state index in [1.807, 2.05) is 18.4 Å². The molecule has 98 valence electrons. The lowest BCUT2D eigenvalue weighted by atomic mass is 9.87. The van der Waals surface area contributed by atoms with E-state index >= 15 is 0 Å². The first-order valence-electron chi connectivity index (χ1n) is 6.50. The second kappa shape index (κ2) is 6.23. The van der Waals surface area contributed by atoms with E-state index in [1.165, 1.54) is 24.6 Å². The molecule has 0 spiro atoms. The summed E-state index contributed by atoms with van der Waals surface area (Å²) in [6.07, 6.45) is 8.38. The van der Waals surface area contributed by atoms with Crippen LogP contribution < -0.4 is 5.32 Å². The molecule has 1 aromatic rings. The minimum absolute atomic E-state index is 0.0200. The maximum Gasteiger partial charge on any atom is 0.254 e. The highest BCUT2D eigenvalue weighted by atomic mass is 32.2. The van der Waals surface area contributed by atoms with Gasteiger partial charge in [0.1, 0.15) is 5.03 Å². The first kappa shape index (κ1) is 13.4. The number of nitrogens with one attached hydrogen (secondary N) is 1. The Morgan fingerprint density at radius 3 is 3.06 bits per heavy atom. The lowest BCUT2D eigenvalue weighted by Crippen LogP contribution is -2.38. The molecule has 0 unspecified atom stereocenters. The van der Waals surface area contributed by atoms with Gasteiger partial charge in [-0.2, -0.15) is 0 Å². The molecule has 18 heavy (non-hydrogen) atoms. The summed E-state index contributed by atoms with van der Waals surface area (Å²) in [5, 5.41) is 3.95. The number of nitrogens with zero attached hydrogens (tertiary/aromatic N) is 1. The number of hydrogen-bond donors (Lipinski definition) is 1.